The van der Waals surface area contributed by atoms with Crippen molar-refractivity contribution in [2.75, 3.05) is 0 Å². The first-order valence-corrected chi connectivity index (χ1v) is 5.69. The van der Waals surface area contributed by atoms with Crippen molar-refractivity contribution in [3.05, 3.63) is 48.0 Å². The minimum absolute atomic E-state index is 0.0299. The van der Waals surface area contributed by atoms with E-state index in [1.165, 1.54) is 6.92 Å². The Kier molecular flexibility index (Phi) is 5.07. The van der Waals surface area contributed by atoms with Crippen molar-refractivity contribution in [3.8, 4) is 0 Å². The van der Waals surface area contributed by atoms with Gasteiger partial charge in [0.15, 0.2) is 5.78 Å². The van der Waals surface area contributed by atoms with Crippen LogP contribution in [-0.2, 0) is 6.54 Å². The van der Waals surface area contributed by atoms with Gasteiger partial charge in [-0.05, 0) is 19.1 Å². The number of carbonyl (C=O) groups is 1. The number of rotatable bonds is 3. The number of aromatic nitrogens is 3. The van der Waals surface area contributed by atoms with Crippen molar-refractivity contribution >= 4 is 5.78 Å². The Labute approximate surface area is 101 Å². The summed E-state index contributed by atoms with van der Waals surface area (Å²) in [5.41, 5.74) is 1.56. The number of pyridine rings is 1. The van der Waals surface area contributed by atoms with Crippen molar-refractivity contribution in [3.63, 3.8) is 0 Å². The maximum atomic E-state index is 11.0. The molecule has 0 saturated heterocycles. The molecule has 17 heavy (non-hydrogen) atoms. The maximum Gasteiger partial charge on any atom is 0.162 e. The van der Waals surface area contributed by atoms with Gasteiger partial charge in [0.25, 0.3) is 0 Å². The van der Waals surface area contributed by atoms with Crippen LogP contribution in [0.3, 0.4) is 0 Å². The van der Waals surface area contributed by atoms with Crippen LogP contribution in [0.15, 0.2) is 36.8 Å². The smallest absolute Gasteiger partial charge is 0.162 e. The van der Waals surface area contributed by atoms with E-state index in [2.05, 4.69) is 10.1 Å². The Morgan fingerprint density at radius 3 is 2.65 bits per heavy atom. The third-order valence-corrected chi connectivity index (χ3v) is 2.09. The minimum Gasteiger partial charge on any atom is -0.294 e. The summed E-state index contributed by atoms with van der Waals surface area (Å²) in [6.07, 6.45) is 5.05. The molecule has 2 aromatic heterocycles. The number of Topliss-reactive ketones (excluding diaryl/α,β-unsaturated/α-hetero) is 1. The SMILES string of the molecule is CC.CC(=O)c1cnn(Cc2ccccn2)c1. The number of carbonyl (C=O) groups excluding carboxylic acids is 1. The van der Waals surface area contributed by atoms with E-state index in [0.717, 1.165) is 5.69 Å². The van der Waals surface area contributed by atoms with Gasteiger partial charge < -0.3 is 0 Å². The summed E-state index contributed by atoms with van der Waals surface area (Å²) >= 11 is 0. The van der Waals surface area contributed by atoms with Gasteiger partial charge >= 0.3 is 0 Å². The summed E-state index contributed by atoms with van der Waals surface area (Å²) < 4.78 is 1.71. The quantitative estimate of drug-likeness (QED) is 0.763. The molecule has 2 aromatic rings. The van der Waals surface area contributed by atoms with Crippen molar-refractivity contribution in [1.29, 1.82) is 0 Å². The normalized spacial score (nSPS) is 9.35. The van der Waals surface area contributed by atoms with Gasteiger partial charge in [0, 0.05) is 12.4 Å². The first-order chi connectivity index (χ1) is 8.25. The molecular weight excluding hydrogens is 214 g/mol. The Balaban J connectivity index is 0.000000686. The Morgan fingerprint density at radius 2 is 2.12 bits per heavy atom. The average molecular weight is 231 g/mol. The standard InChI is InChI=1S/C11H11N3O.C2H6/c1-9(15)10-6-13-14(7-10)8-11-4-2-3-5-12-11;1-2/h2-7H,8H2,1H3;1-2H3. The summed E-state index contributed by atoms with van der Waals surface area (Å²) in [4.78, 5) is 15.2. The zero-order chi connectivity index (χ0) is 12.7. The molecule has 2 heterocycles. The molecular formula is C13H17N3O. The molecule has 0 aliphatic carbocycles. The highest BCUT2D eigenvalue weighted by Crippen LogP contribution is 2.01. The van der Waals surface area contributed by atoms with E-state index in [1.54, 1.807) is 23.3 Å². The third kappa shape index (κ3) is 3.83. The van der Waals surface area contributed by atoms with Crippen LogP contribution in [0.1, 0.15) is 36.8 Å². The molecule has 0 fully saturated rings. The summed E-state index contributed by atoms with van der Waals surface area (Å²) in [5, 5.41) is 4.09. The molecule has 0 N–H and O–H groups in total. The zero-order valence-electron chi connectivity index (χ0n) is 10.4. The molecule has 4 heteroatoms. The number of nitrogens with zero attached hydrogens (tertiary/aromatic N) is 3. The van der Waals surface area contributed by atoms with E-state index < -0.39 is 0 Å². The molecule has 0 unspecified atom stereocenters. The second-order valence-corrected chi connectivity index (χ2v) is 3.30. The van der Waals surface area contributed by atoms with Crippen molar-refractivity contribution < 1.29 is 4.79 Å². The molecule has 0 atom stereocenters. The van der Waals surface area contributed by atoms with Crippen molar-refractivity contribution in [1.82, 2.24) is 14.8 Å². The van der Waals surface area contributed by atoms with Gasteiger partial charge in [0.05, 0.1) is 24.0 Å². The highest BCUT2D eigenvalue weighted by molar-refractivity contribution is 5.93. The van der Waals surface area contributed by atoms with Gasteiger partial charge in [0.2, 0.25) is 0 Å². The second-order valence-electron chi connectivity index (χ2n) is 3.30. The van der Waals surface area contributed by atoms with Gasteiger partial charge in [0.1, 0.15) is 0 Å². The highest BCUT2D eigenvalue weighted by Gasteiger charge is 2.03. The first kappa shape index (κ1) is 13.1. The lowest BCUT2D eigenvalue weighted by Crippen LogP contribution is -2.01. The Morgan fingerprint density at radius 1 is 1.35 bits per heavy atom. The van der Waals surface area contributed by atoms with Crippen LogP contribution >= 0.6 is 0 Å². The van der Waals surface area contributed by atoms with E-state index in [-0.39, 0.29) is 5.78 Å². The zero-order valence-corrected chi connectivity index (χ0v) is 10.4. The molecule has 0 spiro atoms. The van der Waals surface area contributed by atoms with Crippen LogP contribution < -0.4 is 0 Å². The van der Waals surface area contributed by atoms with Gasteiger partial charge in [-0.1, -0.05) is 19.9 Å². The van der Waals surface area contributed by atoms with Crippen LogP contribution in [-0.4, -0.2) is 20.5 Å². The minimum atomic E-state index is 0.0299. The van der Waals surface area contributed by atoms with Crippen LogP contribution in [0.5, 0.6) is 0 Å². The molecule has 0 aliphatic heterocycles. The molecule has 0 aliphatic rings. The monoisotopic (exact) mass is 231 g/mol. The lowest BCUT2D eigenvalue weighted by molar-refractivity contribution is 0.101. The summed E-state index contributed by atoms with van der Waals surface area (Å²) in [5.74, 6) is 0.0299. The van der Waals surface area contributed by atoms with E-state index in [0.29, 0.717) is 12.1 Å². The van der Waals surface area contributed by atoms with Gasteiger partial charge in [-0.2, -0.15) is 5.10 Å². The molecule has 0 radical (unpaired) electrons. The fraction of sp³-hybridized carbons (Fsp3) is 0.308. The molecule has 4 nitrogen and oxygen atoms in total. The predicted molar refractivity (Wildman–Crippen MR) is 66.9 cm³/mol. The largest absolute Gasteiger partial charge is 0.294 e. The maximum absolute atomic E-state index is 11.0. The number of ketones is 1. The number of hydrogen-bond donors (Lipinski definition) is 0. The lowest BCUT2D eigenvalue weighted by atomic mass is 10.3. The van der Waals surface area contributed by atoms with Crippen LogP contribution in [0.25, 0.3) is 0 Å². The highest BCUT2D eigenvalue weighted by atomic mass is 16.1. The molecule has 2 rings (SSSR count). The fourth-order valence-corrected chi connectivity index (χ4v) is 1.29. The average Bonchev–Trinajstić information content (AvgIpc) is 2.82. The Hall–Kier alpha value is -1.97. The Bertz CT molecular complexity index is 463. The summed E-state index contributed by atoms with van der Waals surface area (Å²) in [7, 11) is 0. The fourth-order valence-electron chi connectivity index (χ4n) is 1.29. The van der Waals surface area contributed by atoms with E-state index in [9.17, 15) is 4.79 Å². The molecule has 0 aromatic carbocycles. The van der Waals surface area contributed by atoms with E-state index in [1.807, 2.05) is 32.0 Å². The second kappa shape index (κ2) is 6.58. The molecule has 0 bridgehead atoms. The van der Waals surface area contributed by atoms with Crippen molar-refractivity contribution in [2.45, 2.75) is 27.3 Å². The molecule has 0 amide bonds. The topological polar surface area (TPSA) is 47.8 Å². The summed E-state index contributed by atoms with van der Waals surface area (Å²) in [6, 6.07) is 5.72. The molecule has 90 valence electrons. The third-order valence-electron chi connectivity index (χ3n) is 2.09. The van der Waals surface area contributed by atoms with E-state index in [4.69, 9.17) is 0 Å². The predicted octanol–water partition coefficient (Wildman–Crippen LogP) is 2.56. The van der Waals surface area contributed by atoms with Gasteiger partial charge in [-0.25, -0.2) is 0 Å². The van der Waals surface area contributed by atoms with Crippen LogP contribution in [0.4, 0.5) is 0 Å². The molecule has 0 saturated carbocycles. The first-order valence-electron chi connectivity index (χ1n) is 5.69. The van der Waals surface area contributed by atoms with Gasteiger partial charge in [-0.3, -0.25) is 14.5 Å². The van der Waals surface area contributed by atoms with E-state index >= 15 is 0 Å². The summed E-state index contributed by atoms with van der Waals surface area (Å²) in [6.45, 7) is 6.12. The lowest BCUT2D eigenvalue weighted by Gasteiger charge is -1.99. The van der Waals surface area contributed by atoms with Gasteiger partial charge in [-0.15, -0.1) is 0 Å². The van der Waals surface area contributed by atoms with Crippen LogP contribution in [0, 0.1) is 0 Å². The van der Waals surface area contributed by atoms with Crippen molar-refractivity contribution in [2.24, 2.45) is 0 Å². The van der Waals surface area contributed by atoms with Crippen LogP contribution in [0.2, 0.25) is 0 Å². The number of hydrogen-bond acceptors (Lipinski definition) is 3.